The molecule has 1 heteroatoms. The second-order valence-corrected chi connectivity index (χ2v) is 4.50. The van der Waals surface area contributed by atoms with Crippen molar-refractivity contribution in [2.75, 3.05) is 0 Å². The molecule has 0 N–H and O–H groups in total. The van der Waals surface area contributed by atoms with Gasteiger partial charge in [0.05, 0.1) is 0 Å². The summed E-state index contributed by atoms with van der Waals surface area (Å²) in [6.07, 6.45) is 2.77. The Bertz CT molecular complexity index is 25.1. The van der Waals surface area contributed by atoms with Gasteiger partial charge in [0.15, 0.2) is 0 Å². The Morgan fingerprint density at radius 3 is 2.17 bits per heavy atom. The molecule has 3 radical (unpaired) electrons. The van der Waals surface area contributed by atoms with Gasteiger partial charge in [-0.15, -0.1) is 0 Å². The van der Waals surface area contributed by atoms with Gasteiger partial charge in [0.1, 0.15) is 0 Å². The van der Waals surface area contributed by atoms with Crippen molar-refractivity contribution in [3.63, 3.8) is 0 Å². The Morgan fingerprint density at radius 2 is 2.17 bits per heavy atom. The van der Waals surface area contributed by atoms with Crippen LogP contribution in [0.2, 0.25) is 3.93 Å². The van der Waals surface area contributed by atoms with Gasteiger partial charge in [-0.25, -0.2) is 0 Å². The van der Waals surface area contributed by atoms with E-state index >= 15 is 0 Å². The zero-order valence-electron chi connectivity index (χ0n) is 4.49. The minimum absolute atomic E-state index is 0.988. The molecule has 0 bridgehead atoms. The van der Waals surface area contributed by atoms with Crippen molar-refractivity contribution in [1.82, 2.24) is 0 Å². The number of hydrogen-bond donors (Lipinski definition) is 0. The van der Waals surface area contributed by atoms with Crippen LogP contribution in [-0.2, 0) is 0 Å². The molecule has 1 atom stereocenters. The van der Waals surface area contributed by atoms with Crippen LogP contribution in [0.4, 0.5) is 0 Å². The van der Waals surface area contributed by atoms with Gasteiger partial charge >= 0.3 is 53.1 Å². The van der Waals surface area contributed by atoms with Crippen molar-refractivity contribution >= 4 is 22.5 Å². The molecule has 0 aliphatic heterocycles. The van der Waals surface area contributed by atoms with Crippen LogP contribution in [0.5, 0.6) is 0 Å². The predicted octanol–water partition coefficient (Wildman–Crippen LogP) is 1.76. The summed E-state index contributed by atoms with van der Waals surface area (Å²) in [6.45, 7) is 4.53. The fraction of sp³-hybridized carbons (Fsp3) is 1.00. The quantitative estimate of drug-likeness (QED) is 0.581. The van der Waals surface area contributed by atoms with Crippen molar-refractivity contribution in [3.8, 4) is 0 Å². The van der Waals surface area contributed by atoms with Crippen LogP contribution in [-0.4, -0.2) is 22.5 Å². The molecule has 0 amide bonds. The molecule has 6 heavy (non-hydrogen) atoms. The van der Waals surface area contributed by atoms with Crippen molar-refractivity contribution in [1.29, 1.82) is 0 Å². The molecule has 0 aliphatic carbocycles. The first kappa shape index (κ1) is 6.80. The summed E-state index contributed by atoms with van der Waals surface area (Å²) in [7, 11) is 0. The van der Waals surface area contributed by atoms with Gasteiger partial charge in [-0.2, -0.15) is 0 Å². The van der Waals surface area contributed by atoms with Crippen LogP contribution >= 0.6 is 0 Å². The standard InChI is InChI=1S/C5H11.Sn/c1-3-5-4-2;/h3H,4-5H2,1-2H3;. The first-order valence-corrected chi connectivity index (χ1v) is 4.13. The van der Waals surface area contributed by atoms with Crippen molar-refractivity contribution in [2.45, 2.75) is 30.6 Å². The topological polar surface area (TPSA) is 0 Å². The maximum absolute atomic E-state index is 2.29. The fourth-order valence-corrected chi connectivity index (χ4v) is 1.26. The third-order valence-corrected chi connectivity index (χ3v) is 1.55. The molecule has 0 heterocycles. The second kappa shape index (κ2) is 3.97. The average molecular weight is 190 g/mol. The Labute approximate surface area is 53.4 Å². The molecule has 0 fully saturated rings. The molecule has 35 valence electrons. The molecule has 0 aliphatic rings. The molecule has 1 unspecified atom stereocenters. The average Bonchev–Trinajstić information content (AvgIpc) is 1.35. The van der Waals surface area contributed by atoms with E-state index in [1.54, 1.807) is 22.5 Å². The summed E-state index contributed by atoms with van der Waals surface area (Å²) in [6, 6.07) is 0. The minimum atomic E-state index is 0.988. The zero-order chi connectivity index (χ0) is 4.99. The maximum atomic E-state index is 2.29. The summed E-state index contributed by atoms with van der Waals surface area (Å²) in [4.78, 5) is 0. The molecule has 0 aromatic rings. The van der Waals surface area contributed by atoms with Gasteiger partial charge in [-0.1, -0.05) is 0 Å². The summed E-state index contributed by atoms with van der Waals surface area (Å²) < 4.78 is 0.988. The van der Waals surface area contributed by atoms with Gasteiger partial charge in [-0.05, 0) is 0 Å². The summed E-state index contributed by atoms with van der Waals surface area (Å²) in [5, 5.41) is 0. The van der Waals surface area contributed by atoms with E-state index < -0.39 is 0 Å². The first-order valence-electron chi connectivity index (χ1n) is 2.48. The van der Waals surface area contributed by atoms with E-state index in [4.69, 9.17) is 0 Å². The van der Waals surface area contributed by atoms with Gasteiger partial charge in [-0.3, -0.25) is 0 Å². The first-order chi connectivity index (χ1) is 2.77. The molecule has 0 rings (SSSR count). The fourth-order valence-electron chi connectivity index (χ4n) is 0.433. The molecule has 0 saturated carbocycles. The van der Waals surface area contributed by atoms with Crippen LogP contribution in [0, 0.1) is 0 Å². The molecular formula is C5H11Sn. The van der Waals surface area contributed by atoms with E-state index in [1.807, 2.05) is 0 Å². The molecule has 0 saturated heterocycles. The van der Waals surface area contributed by atoms with Crippen LogP contribution in [0.3, 0.4) is 0 Å². The summed E-state index contributed by atoms with van der Waals surface area (Å²) in [5.41, 5.74) is 0. The van der Waals surface area contributed by atoms with Gasteiger partial charge in [0, 0.05) is 0 Å². The SMILES string of the molecule is CCC[CH](C)[Sn]. The molecule has 0 aromatic heterocycles. The van der Waals surface area contributed by atoms with Crippen LogP contribution < -0.4 is 0 Å². The van der Waals surface area contributed by atoms with Crippen molar-refractivity contribution < 1.29 is 0 Å². The number of rotatable bonds is 2. The second-order valence-electron chi connectivity index (χ2n) is 1.69. The predicted molar refractivity (Wildman–Crippen MR) is 30.1 cm³/mol. The van der Waals surface area contributed by atoms with Crippen LogP contribution in [0.1, 0.15) is 26.7 Å². The normalized spacial score (nSPS) is 14.5. The third-order valence-electron chi connectivity index (χ3n) is 0.722. The summed E-state index contributed by atoms with van der Waals surface area (Å²) in [5.74, 6) is 0. The Kier molecular flexibility index (Phi) is 4.50. The monoisotopic (exact) mass is 191 g/mol. The molecule has 0 aromatic carbocycles. The van der Waals surface area contributed by atoms with Crippen LogP contribution in [0.25, 0.3) is 0 Å². The van der Waals surface area contributed by atoms with E-state index in [2.05, 4.69) is 13.8 Å². The van der Waals surface area contributed by atoms with Gasteiger partial charge in [0.25, 0.3) is 0 Å². The third kappa shape index (κ3) is 4.80. The molecule has 0 spiro atoms. The zero-order valence-corrected chi connectivity index (χ0v) is 7.35. The molecule has 0 nitrogen and oxygen atoms in total. The van der Waals surface area contributed by atoms with E-state index in [-0.39, 0.29) is 0 Å². The Hall–Kier alpha value is 0.799. The van der Waals surface area contributed by atoms with Crippen LogP contribution in [0.15, 0.2) is 0 Å². The van der Waals surface area contributed by atoms with Gasteiger partial charge < -0.3 is 0 Å². The Balaban J connectivity index is 2.63. The number of hydrogen-bond acceptors (Lipinski definition) is 0. The molecular weight excluding hydrogens is 179 g/mol. The van der Waals surface area contributed by atoms with Crippen molar-refractivity contribution in [2.24, 2.45) is 0 Å². The van der Waals surface area contributed by atoms with E-state index in [0.717, 1.165) is 3.93 Å². The van der Waals surface area contributed by atoms with E-state index in [9.17, 15) is 0 Å². The Morgan fingerprint density at radius 1 is 1.67 bits per heavy atom. The van der Waals surface area contributed by atoms with Gasteiger partial charge in [0.2, 0.25) is 0 Å². The summed E-state index contributed by atoms with van der Waals surface area (Å²) >= 11 is 1.69. The van der Waals surface area contributed by atoms with E-state index in [0.29, 0.717) is 0 Å². The van der Waals surface area contributed by atoms with E-state index in [1.165, 1.54) is 12.8 Å². The van der Waals surface area contributed by atoms with Crippen molar-refractivity contribution in [3.05, 3.63) is 0 Å².